The Kier molecular flexibility index (Phi) is 5.65. The molecule has 0 bridgehead atoms. The average Bonchev–Trinajstić information content (AvgIpc) is 3.16. The van der Waals surface area contributed by atoms with E-state index in [1.165, 1.54) is 12.4 Å². The summed E-state index contributed by atoms with van der Waals surface area (Å²) < 4.78 is 28.1. The summed E-state index contributed by atoms with van der Waals surface area (Å²) in [7, 11) is 0. The molecule has 1 aliphatic rings. The minimum atomic E-state index is -0.316. The summed E-state index contributed by atoms with van der Waals surface area (Å²) in [5.41, 5.74) is 1.32. The van der Waals surface area contributed by atoms with Gasteiger partial charge < -0.3 is 9.47 Å². The molecule has 1 atom stereocenters. The second-order valence-electron chi connectivity index (χ2n) is 6.44. The number of fused-ring (bicyclic) bond motifs is 1. The van der Waals surface area contributed by atoms with Crippen LogP contribution in [0.1, 0.15) is 30.5 Å². The number of rotatable bonds is 6. The Balaban J connectivity index is 1.67. The predicted octanol–water partition coefficient (Wildman–Crippen LogP) is 3.93. The number of halogens is 2. The van der Waals surface area contributed by atoms with Crippen molar-refractivity contribution in [2.75, 3.05) is 11.9 Å². The van der Waals surface area contributed by atoms with Gasteiger partial charge in [-0.25, -0.2) is 9.07 Å². The number of hydrogen-bond acceptors (Lipinski definition) is 5. The molecule has 0 aliphatic carbocycles. The Morgan fingerprint density at radius 1 is 1.31 bits per heavy atom. The zero-order valence-electron chi connectivity index (χ0n) is 15.6. The largest absolute Gasteiger partial charge is 0.490 e. The minimum Gasteiger partial charge on any atom is -0.490 e. The fraction of sp³-hybridized carbons (Fsp3) is 0.250. The first-order valence-electron chi connectivity index (χ1n) is 9.08. The van der Waals surface area contributed by atoms with Crippen molar-refractivity contribution in [3.05, 3.63) is 63.2 Å². The molecule has 0 saturated carbocycles. The summed E-state index contributed by atoms with van der Waals surface area (Å²) in [6.07, 6.45) is 1.65. The summed E-state index contributed by atoms with van der Waals surface area (Å²) in [6, 6.07) is 9.97. The number of ether oxygens (including phenoxy) is 2. The first-order chi connectivity index (χ1) is 14.1. The van der Waals surface area contributed by atoms with Crippen LogP contribution < -0.4 is 14.8 Å². The average molecular weight is 508 g/mol. The number of hydrogen-bond donors (Lipinski definition) is 1. The Morgan fingerprint density at radius 2 is 2.14 bits per heavy atom. The highest BCUT2D eigenvalue weighted by Gasteiger charge is 2.29. The Bertz CT molecular complexity index is 1060. The zero-order chi connectivity index (χ0) is 20.4. The summed E-state index contributed by atoms with van der Waals surface area (Å²) in [4.78, 5) is 16.2. The molecule has 0 saturated heterocycles. The van der Waals surface area contributed by atoms with Gasteiger partial charge in [0.15, 0.2) is 11.5 Å². The lowest BCUT2D eigenvalue weighted by atomic mass is 10.0. The van der Waals surface area contributed by atoms with Crippen LogP contribution in [0.4, 0.5) is 10.3 Å². The van der Waals surface area contributed by atoms with E-state index in [2.05, 4.69) is 38.0 Å². The maximum Gasteiger partial charge on any atom is 0.229 e. The van der Waals surface area contributed by atoms with Crippen LogP contribution in [0.15, 0.2) is 42.7 Å². The van der Waals surface area contributed by atoms with E-state index in [4.69, 9.17) is 9.47 Å². The van der Waals surface area contributed by atoms with Gasteiger partial charge in [0, 0.05) is 5.56 Å². The molecular weight excluding hydrogens is 490 g/mol. The Labute approximate surface area is 180 Å². The van der Waals surface area contributed by atoms with E-state index >= 15 is 0 Å². The van der Waals surface area contributed by atoms with Crippen molar-refractivity contribution in [2.45, 2.75) is 26.0 Å². The SMILES string of the molecule is CCOc1cc([C@@H]2CC(=O)Nc3ncnn32)cc(I)c1OCc1ccccc1F. The molecule has 1 N–H and O–H groups in total. The van der Waals surface area contributed by atoms with Gasteiger partial charge in [0.2, 0.25) is 11.9 Å². The van der Waals surface area contributed by atoms with E-state index < -0.39 is 0 Å². The van der Waals surface area contributed by atoms with Crippen molar-refractivity contribution < 1.29 is 18.7 Å². The lowest BCUT2D eigenvalue weighted by Gasteiger charge is -2.25. The van der Waals surface area contributed by atoms with Gasteiger partial charge >= 0.3 is 0 Å². The minimum absolute atomic E-state index is 0.0845. The second kappa shape index (κ2) is 8.36. The topological polar surface area (TPSA) is 78.3 Å². The van der Waals surface area contributed by atoms with Gasteiger partial charge in [0.25, 0.3) is 0 Å². The number of benzene rings is 2. The number of nitrogens with zero attached hydrogens (tertiary/aromatic N) is 3. The molecule has 0 spiro atoms. The van der Waals surface area contributed by atoms with Crippen molar-refractivity contribution in [3.8, 4) is 11.5 Å². The van der Waals surface area contributed by atoms with Gasteiger partial charge in [-0.3, -0.25) is 10.1 Å². The molecule has 0 fully saturated rings. The second-order valence-corrected chi connectivity index (χ2v) is 7.60. The van der Waals surface area contributed by atoms with Crippen molar-refractivity contribution in [3.63, 3.8) is 0 Å². The van der Waals surface area contributed by atoms with Crippen molar-refractivity contribution in [1.29, 1.82) is 0 Å². The molecule has 29 heavy (non-hydrogen) atoms. The first kappa shape index (κ1) is 19.6. The molecule has 7 nitrogen and oxygen atoms in total. The highest BCUT2D eigenvalue weighted by atomic mass is 127. The Morgan fingerprint density at radius 3 is 2.93 bits per heavy atom. The molecule has 2 heterocycles. The molecule has 1 amide bonds. The maximum atomic E-state index is 13.9. The van der Waals surface area contributed by atoms with Crippen LogP contribution in [0.3, 0.4) is 0 Å². The molecule has 4 rings (SSSR count). The van der Waals surface area contributed by atoms with E-state index in [9.17, 15) is 9.18 Å². The molecule has 9 heteroatoms. The molecule has 0 radical (unpaired) electrons. The van der Waals surface area contributed by atoms with E-state index in [-0.39, 0.29) is 30.8 Å². The summed E-state index contributed by atoms with van der Waals surface area (Å²) in [6.45, 7) is 2.40. The lowest BCUT2D eigenvalue weighted by Crippen LogP contribution is -2.29. The molecular formula is C20H18FIN4O3. The molecule has 0 unspecified atom stereocenters. The fourth-order valence-electron chi connectivity index (χ4n) is 3.21. The van der Waals surface area contributed by atoms with E-state index in [0.29, 0.717) is 29.6 Å². The fourth-order valence-corrected chi connectivity index (χ4v) is 3.99. The van der Waals surface area contributed by atoms with Crippen LogP contribution in [0.25, 0.3) is 0 Å². The van der Waals surface area contributed by atoms with Gasteiger partial charge in [-0.1, -0.05) is 18.2 Å². The summed E-state index contributed by atoms with van der Waals surface area (Å²) in [5, 5.41) is 6.94. The van der Waals surface area contributed by atoms with Gasteiger partial charge in [-0.2, -0.15) is 10.1 Å². The van der Waals surface area contributed by atoms with Crippen LogP contribution in [-0.2, 0) is 11.4 Å². The zero-order valence-corrected chi connectivity index (χ0v) is 17.7. The van der Waals surface area contributed by atoms with Crippen LogP contribution in [0, 0.1) is 9.39 Å². The van der Waals surface area contributed by atoms with E-state index in [0.717, 1.165) is 9.13 Å². The quantitative estimate of drug-likeness (QED) is 0.511. The van der Waals surface area contributed by atoms with E-state index in [1.807, 2.05) is 19.1 Å². The predicted molar refractivity (Wildman–Crippen MR) is 112 cm³/mol. The smallest absolute Gasteiger partial charge is 0.229 e. The number of carbonyl (C=O) groups is 1. The van der Waals surface area contributed by atoms with Gasteiger partial charge in [-0.15, -0.1) is 0 Å². The highest BCUT2D eigenvalue weighted by Crippen LogP contribution is 2.39. The number of carbonyl (C=O) groups excluding carboxylic acids is 1. The third-order valence-electron chi connectivity index (χ3n) is 4.54. The normalized spacial score (nSPS) is 15.6. The van der Waals surface area contributed by atoms with Crippen molar-refractivity contribution in [1.82, 2.24) is 14.8 Å². The standard InChI is InChI=1S/C20H18FIN4O3/c1-2-28-17-8-13(16-9-18(27)25-20-23-11-24-26(16)20)7-15(22)19(17)29-10-12-5-3-4-6-14(12)21/h3-8,11,16H,2,9-10H2,1H3,(H,23,24,25,27)/t16-/m0/s1. The molecule has 1 aliphatic heterocycles. The Hall–Kier alpha value is -2.69. The van der Waals surface area contributed by atoms with Crippen molar-refractivity contribution in [2.24, 2.45) is 0 Å². The highest BCUT2D eigenvalue weighted by molar-refractivity contribution is 14.1. The number of anilines is 1. The van der Waals surface area contributed by atoms with Gasteiger partial charge in [-0.05, 0) is 53.3 Å². The van der Waals surface area contributed by atoms with Crippen molar-refractivity contribution >= 4 is 34.4 Å². The maximum absolute atomic E-state index is 13.9. The third-order valence-corrected chi connectivity index (χ3v) is 5.35. The van der Waals surface area contributed by atoms with Crippen LogP contribution in [0.2, 0.25) is 0 Å². The molecule has 3 aromatic rings. The van der Waals surface area contributed by atoms with Crippen LogP contribution in [0.5, 0.6) is 11.5 Å². The summed E-state index contributed by atoms with van der Waals surface area (Å²) in [5.74, 6) is 1.06. The van der Waals surface area contributed by atoms with E-state index in [1.54, 1.807) is 22.9 Å². The lowest BCUT2D eigenvalue weighted by molar-refractivity contribution is -0.117. The number of aromatic nitrogens is 3. The van der Waals surface area contributed by atoms with Crippen LogP contribution >= 0.6 is 22.6 Å². The molecule has 1 aromatic heterocycles. The van der Waals surface area contributed by atoms with Crippen LogP contribution in [-0.4, -0.2) is 27.3 Å². The monoisotopic (exact) mass is 508 g/mol. The molecule has 2 aromatic carbocycles. The number of amides is 1. The number of nitrogens with one attached hydrogen (secondary N) is 1. The van der Waals surface area contributed by atoms with Gasteiger partial charge in [0.1, 0.15) is 18.8 Å². The van der Waals surface area contributed by atoms with Gasteiger partial charge in [0.05, 0.1) is 22.6 Å². The first-order valence-corrected chi connectivity index (χ1v) is 10.2. The third kappa shape index (κ3) is 4.04. The molecule has 150 valence electrons. The summed E-state index contributed by atoms with van der Waals surface area (Å²) >= 11 is 2.16.